The molecule has 1 aliphatic rings. The number of nitrogens with two attached hydrogens (primary N) is 1. The van der Waals surface area contributed by atoms with Crippen LogP contribution in [0, 0.1) is 0 Å². The molecule has 3 N–H and O–H groups in total. The quantitative estimate of drug-likeness (QED) is 0.755. The third-order valence-corrected chi connectivity index (χ3v) is 2.78. The van der Waals surface area contributed by atoms with Gasteiger partial charge in [0.05, 0.1) is 5.69 Å². The standard InChI is InChI=1S/C10H14N4O3/c1-13(6-2-3-6)8(15)5-14-4-7(11)9(12-14)10(16)17/h4,6H,2-3,5,11H2,1H3,(H,16,17). The lowest BCUT2D eigenvalue weighted by Gasteiger charge is -2.15. The van der Waals surface area contributed by atoms with Crippen LogP contribution >= 0.6 is 0 Å². The van der Waals surface area contributed by atoms with E-state index in [-0.39, 0.29) is 23.8 Å². The molecule has 1 aromatic rings. The van der Waals surface area contributed by atoms with E-state index in [0.717, 1.165) is 12.8 Å². The maximum atomic E-state index is 11.8. The number of carboxylic acid groups (broad SMARTS) is 1. The van der Waals surface area contributed by atoms with Crippen molar-refractivity contribution < 1.29 is 14.7 Å². The van der Waals surface area contributed by atoms with Crippen LogP contribution in [0.2, 0.25) is 0 Å². The van der Waals surface area contributed by atoms with Gasteiger partial charge in [0.2, 0.25) is 5.91 Å². The van der Waals surface area contributed by atoms with E-state index in [0.29, 0.717) is 6.04 Å². The lowest BCUT2D eigenvalue weighted by atomic mass is 10.4. The number of likely N-dealkylation sites (N-methyl/N-ethyl adjacent to an activating group) is 1. The number of carbonyl (C=O) groups excluding carboxylic acids is 1. The molecular weight excluding hydrogens is 224 g/mol. The van der Waals surface area contributed by atoms with Crippen molar-refractivity contribution in [1.29, 1.82) is 0 Å². The van der Waals surface area contributed by atoms with Gasteiger partial charge in [-0.3, -0.25) is 9.48 Å². The molecule has 17 heavy (non-hydrogen) atoms. The molecule has 1 fully saturated rings. The van der Waals surface area contributed by atoms with Gasteiger partial charge in [0.1, 0.15) is 6.54 Å². The van der Waals surface area contributed by atoms with Gasteiger partial charge in [-0.25, -0.2) is 4.79 Å². The molecule has 1 aromatic heterocycles. The Kier molecular flexibility index (Phi) is 2.74. The molecule has 92 valence electrons. The largest absolute Gasteiger partial charge is 0.476 e. The number of carbonyl (C=O) groups is 2. The summed E-state index contributed by atoms with van der Waals surface area (Å²) < 4.78 is 1.26. The first-order valence-corrected chi connectivity index (χ1v) is 5.31. The molecule has 1 aliphatic carbocycles. The zero-order valence-corrected chi connectivity index (χ0v) is 9.46. The molecule has 0 unspecified atom stereocenters. The molecule has 0 saturated heterocycles. The van der Waals surface area contributed by atoms with E-state index < -0.39 is 5.97 Å². The van der Waals surface area contributed by atoms with Gasteiger partial charge in [-0.15, -0.1) is 0 Å². The molecule has 1 amide bonds. The Labute approximate surface area is 97.8 Å². The van der Waals surface area contributed by atoms with Gasteiger partial charge in [-0.1, -0.05) is 0 Å². The van der Waals surface area contributed by atoms with Crippen molar-refractivity contribution in [3.8, 4) is 0 Å². The molecule has 0 atom stereocenters. The van der Waals surface area contributed by atoms with Gasteiger partial charge in [0, 0.05) is 19.3 Å². The first kappa shape index (κ1) is 11.4. The summed E-state index contributed by atoms with van der Waals surface area (Å²) in [7, 11) is 1.74. The van der Waals surface area contributed by atoms with Gasteiger partial charge in [0.15, 0.2) is 5.69 Å². The number of carboxylic acids is 1. The Morgan fingerprint density at radius 2 is 2.29 bits per heavy atom. The molecule has 0 aliphatic heterocycles. The summed E-state index contributed by atoms with van der Waals surface area (Å²) in [6, 6.07) is 0.328. The average Bonchev–Trinajstić information content (AvgIpc) is 3.02. The van der Waals surface area contributed by atoms with Crippen LogP contribution in [0.1, 0.15) is 23.3 Å². The fourth-order valence-corrected chi connectivity index (χ4v) is 1.60. The number of rotatable bonds is 4. The van der Waals surface area contributed by atoms with Gasteiger partial charge < -0.3 is 15.7 Å². The second kappa shape index (κ2) is 4.08. The van der Waals surface area contributed by atoms with Crippen molar-refractivity contribution in [1.82, 2.24) is 14.7 Å². The molecule has 0 spiro atoms. The third kappa shape index (κ3) is 2.38. The second-order valence-electron chi connectivity index (χ2n) is 4.17. The summed E-state index contributed by atoms with van der Waals surface area (Å²) in [6.45, 7) is 0.0183. The number of nitrogen functional groups attached to an aromatic ring is 1. The number of aromatic nitrogens is 2. The summed E-state index contributed by atoms with van der Waals surface area (Å²) in [6.07, 6.45) is 3.43. The Balaban J connectivity index is 2.05. The zero-order chi connectivity index (χ0) is 12.6. The van der Waals surface area contributed by atoms with Crippen LogP contribution in [0.3, 0.4) is 0 Å². The van der Waals surface area contributed by atoms with Crippen molar-refractivity contribution in [3.05, 3.63) is 11.9 Å². The first-order valence-electron chi connectivity index (χ1n) is 5.31. The van der Waals surface area contributed by atoms with Crippen molar-refractivity contribution in [2.75, 3.05) is 12.8 Å². The average molecular weight is 238 g/mol. The maximum absolute atomic E-state index is 11.8. The lowest BCUT2D eigenvalue weighted by molar-refractivity contribution is -0.131. The van der Waals surface area contributed by atoms with Crippen LogP contribution in [0.5, 0.6) is 0 Å². The number of aromatic carboxylic acids is 1. The van der Waals surface area contributed by atoms with Gasteiger partial charge in [0.25, 0.3) is 0 Å². The van der Waals surface area contributed by atoms with Gasteiger partial charge in [-0.2, -0.15) is 5.10 Å². The second-order valence-corrected chi connectivity index (χ2v) is 4.17. The number of anilines is 1. The molecule has 7 heteroatoms. The lowest BCUT2D eigenvalue weighted by Crippen LogP contribution is -2.32. The highest BCUT2D eigenvalue weighted by Gasteiger charge is 2.29. The van der Waals surface area contributed by atoms with Crippen LogP contribution < -0.4 is 5.73 Å². The maximum Gasteiger partial charge on any atom is 0.358 e. The first-order chi connectivity index (χ1) is 7.99. The van der Waals surface area contributed by atoms with Crippen LogP contribution in [0.25, 0.3) is 0 Å². The van der Waals surface area contributed by atoms with Gasteiger partial charge >= 0.3 is 5.97 Å². The Hall–Kier alpha value is -2.05. The summed E-state index contributed by atoms with van der Waals surface area (Å²) in [4.78, 5) is 24.1. The molecular formula is C10H14N4O3. The summed E-state index contributed by atoms with van der Waals surface area (Å²) in [5.41, 5.74) is 5.33. The van der Waals surface area contributed by atoms with E-state index in [1.54, 1.807) is 11.9 Å². The van der Waals surface area contributed by atoms with Crippen LogP contribution in [-0.2, 0) is 11.3 Å². The Morgan fingerprint density at radius 1 is 1.65 bits per heavy atom. The number of amides is 1. The van der Waals surface area contributed by atoms with Crippen molar-refractivity contribution in [3.63, 3.8) is 0 Å². The molecule has 1 saturated carbocycles. The molecule has 1 heterocycles. The highest BCUT2D eigenvalue weighted by atomic mass is 16.4. The number of hydrogen-bond acceptors (Lipinski definition) is 4. The van der Waals surface area contributed by atoms with E-state index >= 15 is 0 Å². The highest BCUT2D eigenvalue weighted by Crippen LogP contribution is 2.25. The van der Waals surface area contributed by atoms with Crippen LogP contribution in [-0.4, -0.2) is 44.8 Å². The number of hydrogen-bond donors (Lipinski definition) is 2. The molecule has 0 radical (unpaired) electrons. The number of nitrogens with zero attached hydrogens (tertiary/aromatic N) is 3. The van der Waals surface area contributed by atoms with Crippen molar-refractivity contribution in [2.45, 2.75) is 25.4 Å². The topological polar surface area (TPSA) is 101 Å². The van der Waals surface area contributed by atoms with Crippen LogP contribution in [0.4, 0.5) is 5.69 Å². The Morgan fingerprint density at radius 3 is 2.76 bits per heavy atom. The predicted octanol–water partition coefficient (Wildman–Crippen LogP) is -0.216. The van der Waals surface area contributed by atoms with Crippen molar-refractivity contribution >= 4 is 17.6 Å². The molecule has 0 aromatic carbocycles. The summed E-state index contributed by atoms with van der Waals surface area (Å²) >= 11 is 0. The smallest absolute Gasteiger partial charge is 0.358 e. The predicted molar refractivity (Wildman–Crippen MR) is 59.4 cm³/mol. The van der Waals surface area contributed by atoms with E-state index in [1.165, 1.54) is 10.9 Å². The molecule has 2 rings (SSSR count). The van der Waals surface area contributed by atoms with E-state index in [2.05, 4.69) is 5.10 Å². The molecule has 7 nitrogen and oxygen atoms in total. The summed E-state index contributed by atoms with van der Waals surface area (Å²) in [5, 5.41) is 12.5. The minimum Gasteiger partial charge on any atom is -0.476 e. The van der Waals surface area contributed by atoms with Gasteiger partial charge in [-0.05, 0) is 12.8 Å². The van der Waals surface area contributed by atoms with Crippen LogP contribution in [0.15, 0.2) is 6.20 Å². The SMILES string of the molecule is CN(C(=O)Cn1cc(N)c(C(=O)O)n1)C1CC1. The minimum atomic E-state index is -1.19. The zero-order valence-electron chi connectivity index (χ0n) is 9.46. The summed E-state index contributed by atoms with van der Waals surface area (Å²) in [5.74, 6) is -1.28. The highest BCUT2D eigenvalue weighted by molar-refractivity contribution is 5.91. The van der Waals surface area contributed by atoms with E-state index in [1.807, 2.05) is 0 Å². The van der Waals surface area contributed by atoms with E-state index in [9.17, 15) is 9.59 Å². The molecule has 0 bridgehead atoms. The monoisotopic (exact) mass is 238 g/mol. The fourth-order valence-electron chi connectivity index (χ4n) is 1.60. The fraction of sp³-hybridized carbons (Fsp3) is 0.500. The Bertz CT molecular complexity index is 464. The van der Waals surface area contributed by atoms with E-state index in [4.69, 9.17) is 10.8 Å². The third-order valence-electron chi connectivity index (χ3n) is 2.78. The van der Waals surface area contributed by atoms with Crippen molar-refractivity contribution in [2.24, 2.45) is 0 Å². The normalized spacial score (nSPS) is 14.6. The minimum absolute atomic E-state index is 0.0183.